The van der Waals surface area contributed by atoms with Crippen molar-refractivity contribution in [3.05, 3.63) is 29.6 Å². The largest absolute Gasteiger partial charge is 0.494 e. The van der Waals surface area contributed by atoms with Crippen LogP contribution in [-0.2, 0) is 4.79 Å². The van der Waals surface area contributed by atoms with Gasteiger partial charge < -0.3 is 19.9 Å². The SMILES string of the molecule is CCOc1ccc(-c2csc(NC(=O)C3CCCN(CCN(C)C)C3)n2)cc1. The van der Waals surface area contributed by atoms with Gasteiger partial charge in [-0.2, -0.15) is 0 Å². The Kier molecular flexibility index (Phi) is 7.42. The molecule has 1 aliphatic rings. The second kappa shape index (κ2) is 10.0. The number of ether oxygens (including phenoxy) is 1. The molecule has 1 aromatic carbocycles. The van der Waals surface area contributed by atoms with E-state index in [0.717, 1.165) is 56.0 Å². The molecule has 0 aliphatic carbocycles. The standard InChI is InChI=1S/C21H30N4O2S/c1-4-27-18-9-7-16(8-10-18)19-15-28-21(22-19)23-20(26)17-6-5-11-25(14-17)13-12-24(2)3/h7-10,15,17H,4-6,11-14H2,1-3H3,(H,22,23,26). The molecule has 152 valence electrons. The van der Waals surface area contributed by atoms with E-state index in [-0.39, 0.29) is 11.8 Å². The minimum absolute atomic E-state index is 0.0359. The van der Waals surface area contributed by atoms with E-state index < -0.39 is 0 Å². The fraction of sp³-hybridized carbons (Fsp3) is 0.524. The van der Waals surface area contributed by atoms with Gasteiger partial charge in [-0.3, -0.25) is 4.79 Å². The van der Waals surface area contributed by atoms with Crippen molar-refractivity contribution >= 4 is 22.4 Å². The summed E-state index contributed by atoms with van der Waals surface area (Å²) in [6.07, 6.45) is 2.02. The highest BCUT2D eigenvalue weighted by Gasteiger charge is 2.26. The lowest BCUT2D eigenvalue weighted by Crippen LogP contribution is -2.43. The number of nitrogens with one attached hydrogen (secondary N) is 1. The molecule has 3 rings (SSSR count). The number of aromatic nitrogens is 1. The van der Waals surface area contributed by atoms with Gasteiger partial charge in [0.25, 0.3) is 0 Å². The normalized spacial score (nSPS) is 17.6. The molecule has 2 heterocycles. The summed E-state index contributed by atoms with van der Waals surface area (Å²) < 4.78 is 5.48. The van der Waals surface area contributed by atoms with E-state index in [1.165, 1.54) is 11.3 Å². The number of thiazole rings is 1. The zero-order valence-corrected chi connectivity index (χ0v) is 17.8. The minimum Gasteiger partial charge on any atom is -0.494 e. The molecule has 0 spiro atoms. The molecular weight excluding hydrogens is 372 g/mol. The van der Waals surface area contributed by atoms with Gasteiger partial charge in [0, 0.05) is 30.6 Å². The Bertz CT molecular complexity index is 760. The number of carbonyl (C=O) groups excluding carboxylic acids is 1. The summed E-state index contributed by atoms with van der Waals surface area (Å²) in [7, 11) is 4.16. The Morgan fingerprint density at radius 2 is 2.14 bits per heavy atom. The number of likely N-dealkylation sites (tertiary alicyclic amines) is 1. The second-order valence-electron chi connectivity index (χ2n) is 7.43. The number of likely N-dealkylation sites (N-methyl/N-ethyl adjacent to an activating group) is 1. The molecule has 1 aromatic heterocycles. The summed E-state index contributed by atoms with van der Waals surface area (Å²) in [4.78, 5) is 21.9. The van der Waals surface area contributed by atoms with Gasteiger partial charge in [-0.15, -0.1) is 11.3 Å². The number of amides is 1. The number of rotatable bonds is 8. The molecule has 1 aliphatic heterocycles. The fourth-order valence-electron chi connectivity index (χ4n) is 3.37. The number of nitrogens with zero attached hydrogens (tertiary/aromatic N) is 3. The van der Waals surface area contributed by atoms with Crippen LogP contribution in [-0.4, -0.2) is 67.6 Å². The maximum absolute atomic E-state index is 12.7. The van der Waals surface area contributed by atoms with Crippen LogP contribution in [0.4, 0.5) is 5.13 Å². The molecule has 1 N–H and O–H groups in total. The molecule has 0 bridgehead atoms. The number of piperidine rings is 1. The summed E-state index contributed by atoms with van der Waals surface area (Å²) in [6.45, 7) is 6.56. The maximum atomic E-state index is 12.7. The van der Waals surface area contributed by atoms with Gasteiger partial charge in [0.15, 0.2) is 5.13 Å². The third kappa shape index (κ3) is 5.77. The van der Waals surface area contributed by atoms with Crippen molar-refractivity contribution in [3.63, 3.8) is 0 Å². The predicted octanol–water partition coefficient (Wildman–Crippen LogP) is 3.42. The third-order valence-electron chi connectivity index (χ3n) is 4.94. The van der Waals surface area contributed by atoms with Crippen LogP contribution in [0.25, 0.3) is 11.3 Å². The first-order valence-electron chi connectivity index (χ1n) is 9.92. The van der Waals surface area contributed by atoms with Crippen LogP contribution in [0.5, 0.6) is 5.75 Å². The average molecular weight is 403 g/mol. The molecule has 7 heteroatoms. The van der Waals surface area contributed by atoms with E-state index in [2.05, 4.69) is 34.2 Å². The lowest BCUT2D eigenvalue weighted by molar-refractivity contribution is -0.121. The Labute approximate surface area is 171 Å². The zero-order chi connectivity index (χ0) is 19.9. The molecule has 28 heavy (non-hydrogen) atoms. The van der Waals surface area contributed by atoms with Crippen molar-refractivity contribution in [2.24, 2.45) is 5.92 Å². The topological polar surface area (TPSA) is 57.7 Å². The van der Waals surface area contributed by atoms with Crippen LogP contribution >= 0.6 is 11.3 Å². The van der Waals surface area contributed by atoms with Crippen molar-refractivity contribution in [2.45, 2.75) is 19.8 Å². The number of anilines is 1. The molecule has 2 aromatic rings. The Hall–Kier alpha value is -1.96. The van der Waals surface area contributed by atoms with Gasteiger partial charge in [0.2, 0.25) is 5.91 Å². The van der Waals surface area contributed by atoms with Gasteiger partial charge >= 0.3 is 0 Å². The van der Waals surface area contributed by atoms with Gasteiger partial charge in [0.05, 0.1) is 18.2 Å². The Balaban J connectivity index is 1.56. The highest BCUT2D eigenvalue weighted by molar-refractivity contribution is 7.14. The molecule has 0 saturated carbocycles. The van der Waals surface area contributed by atoms with Crippen molar-refractivity contribution in [3.8, 4) is 17.0 Å². The summed E-state index contributed by atoms with van der Waals surface area (Å²) in [5.74, 6) is 0.974. The molecule has 1 amide bonds. The summed E-state index contributed by atoms with van der Waals surface area (Å²) in [6, 6.07) is 7.88. The second-order valence-corrected chi connectivity index (χ2v) is 8.29. The lowest BCUT2D eigenvalue weighted by atomic mass is 9.97. The number of hydrogen-bond acceptors (Lipinski definition) is 6. The van der Waals surface area contributed by atoms with Gasteiger partial charge in [-0.1, -0.05) is 0 Å². The van der Waals surface area contributed by atoms with Gasteiger partial charge in [-0.05, 0) is 64.7 Å². The van der Waals surface area contributed by atoms with Crippen LogP contribution in [0.1, 0.15) is 19.8 Å². The molecule has 6 nitrogen and oxygen atoms in total. The highest BCUT2D eigenvalue weighted by atomic mass is 32.1. The molecule has 1 atom stereocenters. The summed E-state index contributed by atoms with van der Waals surface area (Å²) >= 11 is 1.47. The molecule has 1 fully saturated rings. The minimum atomic E-state index is 0.0359. The number of carbonyl (C=O) groups is 1. The first-order chi connectivity index (χ1) is 13.5. The van der Waals surface area contributed by atoms with Crippen LogP contribution in [0.2, 0.25) is 0 Å². The van der Waals surface area contributed by atoms with Crippen molar-refractivity contribution in [1.29, 1.82) is 0 Å². The summed E-state index contributed by atoms with van der Waals surface area (Å²) in [5.41, 5.74) is 1.90. The lowest BCUT2D eigenvalue weighted by Gasteiger charge is -2.32. The molecule has 1 unspecified atom stereocenters. The first kappa shape index (κ1) is 20.8. The average Bonchev–Trinajstić information content (AvgIpc) is 3.16. The van der Waals surface area contributed by atoms with Gasteiger partial charge in [0.1, 0.15) is 5.75 Å². The molecule has 1 saturated heterocycles. The van der Waals surface area contributed by atoms with E-state index >= 15 is 0 Å². The van der Waals surface area contributed by atoms with Gasteiger partial charge in [-0.25, -0.2) is 4.98 Å². The van der Waals surface area contributed by atoms with E-state index in [1.807, 2.05) is 36.6 Å². The number of benzene rings is 1. The van der Waals surface area contributed by atoms with E-state index in [9.17, 15) is 4.79 Å². The van der Waals surface area contributed by atoms with Crippen LogP contribution in [0, 0.1) is 5.92 Å². The molecule has 0 radical (unpaired) electrons. The number of hydrogen-bond donors (Lipinski definition) is 1. The van der Waals surface area contributed by atoms with E-state index in [0.29, 0.717) is 11.7 Å². The van der Waals surface area contributed by atoms with Crippen LogP contribution in [0.3, 0.4) is 0 Å². The van der Waals surface area contributed by atoms with Crippen molar-refractivity contribution in [2.75, 3.05) is 52.2 Å². The first-order valence-corrected chi connectivity index (χ1v) is 10.8. The van der Waals surface area contributed by atoms with E-state index in [4.69, 9.17) is 4.74 Å². The monoisotopic (exact) mass is 402 g/mol. The fourth-order valence-corrected chi connectivity index (χ4v) is 4.10. The highest BCUT2D eigenvalue weighted by Crippen LogP contribution is 2.27. The zero-order valence-electron chi connectivity index (χ0n) is 17.0. The van der Waals surface area contributed by atoms with Crippen LogP contribution < -0.4 is 10.1 Å². The quantitative estimate of drug-likeness (QED) is 0.733. The van der Waals surface area contributed by atoms with Crippen molar-refractivity contribution in [1.82, 2.24) is 14.8 Å². The van der Waals surface area contributed by atoms with E-state index in [1.54, 1.807) is 0 Å². The maximum Gasteiger partial charge on any atom is 0.230 e. The Morgan fingerprint density at radius 1 is 1.36 bits per heavy atom. The van der Waals surface area contributed by atoms with Crippen molar-refractivity contribution < 1.29 is 9.53 Å². The predicted molar refractivity (Wildman–Crippen MR) is 115 cm³/mol. The Morgan fingerprint density at radius 3 is 2.86 bits per heavy atom. The smallest absolute Gasteiger partial charge is 0.230 e. The molecular formula is C21H30N4O2S. The van der Waals surface area contributed by atoms with Crippen LogP contribution in [0.15, 0.2) is 29.6 Å². The third-order valence-corrected chi connectivity index (χ3v) is 5.69. The summed E-state index contributed by atoms with van der Waals surface area (Å²) in [5, 5.41) is 5.67.